The van der Waals surface area contributed by atoms with Crippen LogP contribution in [0.15, 0.2) is 71.9 Å². The van der Waals surface area contributed by atoms with Gasteiger partial charge in [-0.25, -0.2) is 4.98 Å². The van der Waals surface area contributed by atoms with Crippen LogP contribution in [-0.4, -0.2) is 27.7 Å². The molecule has 1 aromatic heterocycles. The van der Waals surface area contributed by atoms with Gasteiger partial charge in [0, 0.05) is 24.3 Å². The van der Waals surface area contributed by atoms with E-state index in [9.17, 15) is 4.79 Å². The van der Waals surface area contributed by atoms with Crippen molar-refractivity contribution in [2.45, 2.75) is 30.6 Å². The quantitative estimate of drug-likeness (QED) is 0.255. The van der Waals surface area contributed by atoms with Crippen LogP contribution in [0.2, 0.25) is 0 Å². The van der Waals surface area contributed by atoms with Gasteiger partial charge in [0.05, 0.1) is 0 Å². The average molecular weight is 395 g/mol. The smallest absolute Gasteiger partial charge is 0.235 e. The molecule has 0 radical (unpaired) electrons. The highest BCUT2D eigenvalue weighted by Crippen LogP contribution is 2.23. The summed E-state index contributed by atoms with van der Waals surface area (Å²) in [6, 6.07) is 18.6. The predicted molar refractivity (Wildman–Crippen MR) is 114 cm³/mol. The number of carbonyl (C=O) groups is 1. The Labute approximate surface area is 171 Å². The highest BCUT2D eigenvalue weighted by molar-refractivity contribution is 7.99. The summed E-state index contributed by atoms with van der Waals surface area (Å²) in [6.45, 7) is -0.00123. The number of hydrogen-bond acceptors (Lipinski definition) is 4. The number of thioether (sulfide) groups is 1. The maximum absolute atomic E-state index is 12.1. The molecular weight excluding hydrogens is 368 g/mol. The Morgan fingerprint density at radius 1 is 1.04 bits per heavy atom. The van der Waals surface area contributed by atoms with Gasteiger partial charge in [-0.15, -0.1) is 11.8 Å². The number of ether oxygens (including phenoxy) is 1. The maximum Gasteiger partial charge on any atom is 0.235 e. The van der Waals surface area contributed by atoms with Crippen molar-refractivity contribution in [3.05, 3.63) is 78.4 Å². The lowest BCUT2D eigenvalue weighted by atomic mass is 10.1. The fraction of sp³-hybridized carbons (Fsp3) is 0.304. The summed E-state index contributed by atoms with van der Waals surface area (Å²) >= 11 is 1.86. The van der Waals surface area contributed by atoms with Crippen LogP contribution in [0.4, 0.5) is 0 Å². The minimum Gasteiger partial charge on any atom is -0.485 e. The second-order valence-corrected chi connectivity index (χ2v) is 7.86. The van der Waals surface area contributed by atoms with Crippen LogP contribution in [0.5, 0.6) is 5.75 Å². The SMILES string of the molecule is Cn1ccnc1C(=O)COc1ccc(SCCCCCc2ccccc2)cc1. The molecular formula is C23H26N2O2S. The Balaban J connectivity index is 1.32. The van der Waals surface area contributed by atoms with E-state index in [0.717, 1.165) is 12.2 Å². The molecule has 0 N–H and O–H groups in total. The number of rotatable bonds is 11. The number of hydrogen-bond donors (Lipinski definition) is 0. The summed E-state index contributed by atoms with van der Waals surface area (Å²) in [6.07, 6.45) is 8.23. The van der Waals surface area contributed by atoms with E-state index in [1.165, 1.54) is 29.7 Å². The molecule has 0 aliphatic carbocycles. The van der Waals surface area contributed by atoms with Crippen LogP contribution in [0.3, 0.4) is 0 Å². The van der Waals surface area contributed by atoms with E-state index in [2.05, 4.69) is 47.4 Å². The van der Waals surface area contributed by atoms with Gasteiger partial charge < -0.3 is 9.30 Å². The average Bonchev–Trinajstić information content (AvgIpc) is 3.16. The summed E-state index contributed by atoms with van der Waals surface area (Å²) in [7, 11) is 1.80. The highest BCUT2D eigenvalue weighted by Gasteiger charge is 2.11. The third kappa shape index (κ3) is 6.27. The lowest BCUT2D eigenvalue weighted by molar-refractivity contribution is 0.0908. The first-order chi connectivity index (χ1) is 13.7. The van der Waals surface area contributed by atoms with Crippen LogP contribution in [-0.2, 0) is 13.5 Å². The van der Waals surface area contributed by atoms with E-state index in [1.54, 1.807) is 24.0 Å². The molecule has 28 heavy (non-hydrogen) atoms. The molecule has 146 valence electrons. The summed E-state index contributed by atoms with van der Waals surface area (Å²) in [5.74, 6) is 2.11. The second kappa shape index (κ2) is 10.7. The van der Waals surface area contributed by atoms with Gasteiger partial charge in [-0.2, -0.15) is 0 Å². The number of nitrogens with zero attached hydrogens (tertiary/aromatic N) is 2. The van der Waals surface area contributed by atoms with Crippen LogP contribution < -0.4 is 4.74 Å². The van der Waals surface area contributed by atoms with Gasteiger partial charge in [0.25, 0.3) is 0 Å². The first kappa shape index (κ1) is 20.2. The van der Waals surface area contributed by atoms with Crippen LogP contribution in [0.1, 0.15) is 35.4 Å². The lowest BCUT2D eigenvalue weighted by Gasteiger charge is -2.07. The van der Waals surface area contributed by atoms with Crippen molar-refractivity contribution in [3.63, 3.8) is 0 Å². The van der Waals surface area contributed by atoms with Gasteiger partial charge in [0.15, 0.2) is 12.4 Å². The third-order valence-corrected chi connectivity index (χ3v) is 5.58. The molecule has 0 saturated heterocycles. The molecule has 0 spiro atoms. The molecule has 0 amide bonds. The van der Waals surface area contributed by atoms with E-state index in [-0.39, 0.29) is 12.4 Å². The van der Waals surface area contributed by atoms with Crippen molar-refractivity contribution in [3.8, 4) is 5.75 Å². The number of carbonyl (C=O) groups excluding carboxylic acids is 1. The Kier molecular flexibility index (Phi) is 7.73. The molecule has 4 nitrogen and oxygen atoms in total. The van der Waals surface area contributed by atoms with Crippen LogP contribution >= 0.6 is 11.8 Å². The van der Waals surface area contributed by atoms with Crippen molar-refractivity contribution in [2.75, 3.05) is 12.4 Å². The van der Waals surface area contributed by atoms with E-state index < -0.39 is 0 Å². The minimum atomic E-state index is -0.124. The third-order valence-electron chi connectivity index (χ3n) is 4.49. The highest BCUT2D eigenvalue weighted by atomic mass is 32.2. The molecule has 2 aromatic carbocycles. The fourth-order valence-electron chi connectivity index (χ4n) is 2.92. The molecule has 0 bridgehead atoms. The molecule has 5 heteroatoms. The predicted octanol–water partition coefficient (Wildman–Crippen LogP) is 5.19. The van der Waals surface area contributed by atoms with Crippen LogP contribution in [0.25, 0.3) is 0 Å². The number of aryl methyl sites for hydroxylation is 2. The first-order valence-corrected chi connectivity index (χ1v) is 10.6. The van der Waals surface area contributed by atoms with E-state index in [0.29, 0.717) is 11.6 Å². The van der Waals surface area contributed by atoms with Gasteiger partial charge in [-0.1, -0.05) is 36.8 Å². The Morgan fingerprint density at radius 3 is 2.54 bits per heavy atom. The second-order valence-electron chi connectivity index (χ2n) is 6.69. The summed E-state index contributed by atoms with van der Waals surface area (Å²) in [5.41, 5.74) is 1.42. The van der Waals surface area contributed by atoms with Gasteiger partial charge in [-0.05, 0) is 54.8 Å². The van der Waals surface area contributed by atoms with Crippen LogP contribution in [0, 0.1) is 0 Å². The summed E-state index contributed by atoms with van der Waals surface area (Å²) in [5, 5.41) is 0. The Morgan fingerprint density at radius 2 is 1.82 bits per heavy atom. The van der Waals surface area contributed by atoms with Crippen molar-refractivity contribution < 1.29 is 9.53 Å². The zero-order valence-corrected chi connectivity index (χ0v) is 17.0. The van der Waals surface area contributed by atoms with Crippen molar-refractivity contribution >= 4 is 17.5 Å². The van der Waals surface area contributed by atoms with E-state index >= 15 is 0 Å². The molecule has 0 saturated carbocycles. The molecule has 0 atom stereocenters. The zero-order chi connectivity index (χ0) is 19.6. The molecule has 0 unspecified atom stereocenters. The zero-order valence-electron chi connectivity index (χ0n) is 16.2. The number of benzene rings is 2. The molecule has 0 aliphatic rings. The van der Waals surface area contributed by atoms with E-state index in [1.807, 2.05) is 23.9 Å². The van der Waals surface area contributed by atoms with Gasteiger partial charge in [0.2, 0.25) is 5.78 Å². The fourth-order valence-corrected chi connectivity index (χ4v) is 3.84. The first-order valence-electron chi connectivity index (χ1n) is 9.62. The van der Waals surface area contributed by atoms with E-state index in [4.69, 9.17) is 4.74 Å². The molecule has 3 rings (SSSR count). The molecule has 0 aliphatic heterocycles. The number of Topliss-reactive ketones (excluding diaryl/α,β-unsaturated/α-hetero) is 1. The number of unbranched alkanes of at least 4 members (excludes halogenated alkanes) is 2. The molecule has 3 aromatic rings. The Bertz CT molecular complexity index is 860. The van der Waals surface area contributed by atoms with Crippen molar-refractivity contribution in [1.29, 1.82) is 0 Å². The normalized spacial score (nSPS) is 10.8. The number of aromatic nitrogens is 2. The number of ketones is 1. The monoisotopic (exact) mass is 394 g/mol. The van der Waals surface area contributed by atoms with Crippen molar-refractivity contribution in [2.24, 2.45) is 7.05 Å². The Hall–Kier alpha value is -2.53. The number of imidazole rings is 1. The summed E-state index contributed by atoms with van der Waals surface area (Å²) in [4.78, 5) is 17.3. The van der Waals surface area contributed by atoms with Crippen molar-refractivity contribution in [1.82, 2.24) is 9.55 Å². The largest absolute Gasteiger partial charge is 0.485 e. The lowest BCUT2D eigenvalue weighted by Crippen LogP contribution is -2.15. The standard InChI is InChI=1S/C23H26N2O2S/c1-25-16-15-24-23(25)22(26)18-27-20-11-13-21(14-12-20)28-17-7-3-6-10-19-8-4-2-5-9-19/h2,4-5,8-9,11-16H,3,6-7,10,17-18H2,1H3. The topological polar surface area (TPSA) is 44.1 Å². The molecule has 1 heterocycles. The van der Waals surface area contributed by atoms with Gasteiger partial charge in [0.1, 0.15) is 5.75 Å². The minimum absolute atomic E-state index is 0.00123. The molecule has 0 fully saturated rings. The maximum atomic E-state index is 12.1. The summed E-state index contributed by atoms with van der Waals surface area (Å²) < 4.78 is 7.29. The van der Waals surface area contributed by atoms with Gasteiger partial charge >= 0.3 is 0 Å². The van der Waals surface area contributed by atoms with Gasteiger partial charge in [-0.3, -0.25) is 4.79 Å².